The molecule has 0 spiro atoms. The zero-order valence-corrected chi connectivity index (χ0v) is 18.2. The molecule has 0 radical (unpaired) electrons. The first-order chi connectivity index (χ1) is 15.0. The quantitative estimate of drug-likeness (QED) is 0.683. The van der Waals surface area contributed by atoms with Gasteiger partial charge in [-0.3, -0.25) is 4.79 Å². The van der Waals surface area contributed by atoms with Crippen LogP contribution in [0.1, 0.15) is 38.2 Å². The monoisotopic (exact) mass is 442 g/mol. The maximum Gasteiger partial charge on any atom is 0.248 e. The standard InChI is InChI=1S/C23H26N2O5S/c1-2-19-5-3-4-14-25(19)31(27,28)20-10-8-18(9-11-20)24-23(26)13-7-17-6-12-21-22(15-17)30-16-29-21/h6-13,15,19H,2-5,14,16H2,1H3,(H,24,26)/b13-7+. The highest BCUT2D eigenvalue weighted by Crippen LogP contribution is 2.33. The van der Waals surface area contributed by atoms with Crippen LogP contribution < -0.4 is 14.8 Å². The molecular weight excluding hydrogens is 416 g/mol. The van der Waals surface area contributed by atoms with Crippen molar-refractivity contribution in [3.63, 3.8) is 0 Å². The van der Waals surface area contributed by atoms with E-state index >= 15 is 0 Å². The smallest absolute Gasteiger partial charge is 0.248 e. The van der Waals surface area contributed by atoms with Gasteiger partial charge >= 0.3 is 0 Å². The molecule has 1 saturated heterocycles. The summed E-state index contributed by atoms with van der Waals surface area (Å²) in [6, 6.07) is 11.8. The van der Waals surface area contributed by atoms with E-state index in [4.69, 9.17) is 9.47 Å². The second kappa shape index (κ2) is 9.11. The number of hydrogen-bond acceptors (Lipinski definition) is 5. The summed E-state index contributed by atoms with van der Waals surface area (Å²) in [6.07, 6.45) is 6.76. The molecule has 0 aromatic heterocycles. The molecule has 1 fully saturated rings. The molecule has 1 unspecified atom stereocenters. The highest BCUT2D eigenvalue weighted by molar-refractivity contribution is 7.89. The van der Waals surface area contributed by atoms with Crippen LogP contribution in [0.25, 0.3) is 6.08 Å². The maximum absolute atomic E-state index is 13.0. The molecule has 2 aromatic carbocycles. The lowest BCUT2D eigenvalue weighted by atomic mass is 10.0. The zero-order valence-electron chi connectivity index (χ0n) is 17.4. The van der Waals surface area contributed by atoms with Crippen LogP contribution in [-0.2, 0) is 14.8 Å². The molecule has 0 aliphatic carbocycles. The third-order valence-corrected chi connectivity index (χ3v) is 7.56. The molecule has 2 aliphatic heterocycles. The minimum Gasteiger partial charge on any atom is -0.454 e. The molecule has 1 atom stereocenters. The molecule has 7 nitrogen and oxygen atoms in total. The van der Waals surface area contributed by atoms with Crippen LogP contribution in [0.5, 0.6) is 11.5 Å². The van der Waals surface area contributed by atoms with Gasteiger partial charge in [-0.15, -0.1) is 0 Å². The Morgan fingerprint density at radius 2 is 1.90 bits per heavy atom. The van der Waals surface area contributed by atoms with Crippen molar-refractivity contribution >= 4 is 27.7 Å². The van der Waals surface area contributed by atoms with Gasteiger partial charge in [0.2, 0.25) is 22.7 Å². The number of carbonyl (C=O) groups excluding carboxylic acids is 1. The summed E-state index contributed by atoms with van der Waals surface area (Å²) >= 11 is 0. The Hall–Kier alpha value is -2.84. The molecule has 2 heterocycles. The molecule has 8 heteroatoms. The van der Waals surface area contributed by atoms with E-state index in [1.54, 1.807) is 46.8 Å². The number of anilines is 1. The van der Waals surface area contributed by atoms with E-state index in [-0.39, 0.29) is 23.6 Å². The minimum atomic E-state index is -3.54. The van der Waals surface area contributed by atoms with Crippen LogP contribution in [0, 0.1) is 0 Å². The van der Waals surface area contributed by atoms with E-state index in [2.05, 4.69) is 5.32 Å². The first-order valence-corrected chi connectivity index (χ1v) is 11.9. The number of nitrogens with zero attached hydrogens (tertiary/aromatic N) is 1. The van der Waals surface area contributed by atoms with Gasteiger partial charge in [0.05, 0.1) is 4.90 Å². The second-order valence-electron chi connectivity index (χ2n) is 7.63. The average Bonchev–Trinajstić information content (AvgIpc) is 3.26. The van der Waals surface area contributed by atoms with Gasteiger partial charge in [0, 0.05) is 24.4 Å². The largest absolute Gasteiger partial charge is 0.454 e. The van der Waals surface area contributed by atoms with E-state index < -0.39 is 10.0 Å². The Bertz CT molecular complexity index is 1080. The fourth-order valence-corrected chi connectivity index (χ4v) is 5.68. The molecule has 0 bridgehead atoms. The number of benzene rings is 2. The second-order valence-corrected chi connectivity index (χ2v) is 9.52. The van der Waals surface area contributed by atoms with Gasteiger partial charge in [-0.1, -0.05) is 19.4 Å². The summed E-state index contributed by atoms with van der Waals surface area (Å²) in [5.41, 5.74) is 1.35. The molecule has 4 rings (SSSR count). The fraction of sp³-hybridized carbons (Fsp3) is 0.348. The van der Waals surface area contributed by atoms with Crippen molar-refractivity contribution < 1.29 is 22.7 Å². The van der Waals surface area contributed by atoms with Crippen LogP contribution in [0.4, 0.5) is 5.69 Å². The lowest BCUT2D eigenvalue weighted by molar-refractivity contribution is -0.111. The SMILES string of the molecule is CCC1CCCCN1S(=O)(=O)c1ccc(NC(=O)/C=C/c2ccc3c(c2)OCO3)cc1. The topological polar surface area (TPSA) is 84.9 Å². The van der Waals surface area contributed by atoms with Crippen molar-refractivity contribution in [2.75, 3.05) is 18.7 Å². The van der Waals surface area contributed by atoms with Crippen molar-refractivity contribution in [1.29, 1.82) is 0 Å². The Morgan fingerprint density at radius 1 is 1.13 bits per heavy atom. The van der Waals surface area contributed by atoms with E-state index in [1.807, 2.05) is 13.0 Å². The molecule has 31 heavy (non-hydrogen) atoms. The molecule has 164 valence electrons. The molecule has 1 N–H and O–H groups in total. The van der Waals surface area contributed by atoms with Crippen molar-refractivity contribution in [2.24, 2.45) is 0 Å². The van der Waals surface area contributed by atoms with Gasteiger partial charge in [0.15, 0.2) is 11.5 Å². The Morgan fingerprint density at radius 3 is 2.68 bits per heavy atom. The Kier molecular flexibility index (Phi) is 6.29. The highest BCUT2D eigenvalue weighted by atomic mass is 32.2. The number of hydrogen-bond donors (Lipinski definition) is 1. The first kappa shape index (κ1) is 21.4. The lowest BCUT2D eigenvalue weighted by Crippen LogP contribution is -2.43. The number of fused-ring (bicyclic) bond motifs is 1. The number of ether oxygens (including phenoxy) is 2. The molecule has 2 aliphatic rings. The third-order valence-electron chi connectivity index (χ3n) is 5.60. The molecular formula is C23H26N2O5S. The average molecular weight is 443 g/mol. The van der Waals surface area contributed by atoms with E-state index in [9.17, 15) is 13.2 Å². The van der Waals surface area contributed by atoms with Crippen LogP contribution >= 0.6 is 0 Å². The summed E-state index contributed by atoms with van der Waals surface area (Å²) in [4.78, 5) is 12.5. The van der Waals surface area contributed by atoms with Crippen molar-refractivity contribution in [2.45, 2.75) is 43.5 Å². The van der Waals surface area contributed by atoms with Gasteiger partial charge in [0.25, 0.3) is 0 Å². The predicted molar refractivity (Wildman–Crippen MR) is 118 cm³/mol. The van der Waals surface area contributed by atoms with Gasteiger partial charge in [-0.25, -0.2) is 8.42 Å². The summed E-state index contributed by atoms with van der Waals surface area (Å²) < 4.78 is 38.3. The highest BCUT2D eigenvalue weighted by Gasteiger charge is 2.32. The number of piperidine rings is 1. The molecule has 1 amide bonds. The van der Waals surface area contributed by atoms with Crippen LogP contribution in [-0.4, -0.2) is 38.0 Å². The fourth-order valence-electron chi connectivity index (χ4n) is 3.92. The Labute approximate surface area is 182 Å². The normalized spacial score (nSPS) is 18.9. The number of sulfonamides is 1. The van der Waals surface area contributed by atoms with E-state index in [0.29, 0.717) is 23.7 Å². The Balaban J connectivity index is 1.40. The van der Waals surface area contributed by atoms with E-state index in [1.165, 1.54) is 6.08 Å². The van der Waals surface area contributed by atoms with Gasteiger partial charge in [-0.05, 0) is 67.3 Å². The summed E-state index contributed by atoms with van der Waals surface area (Å²) in [7, 11) is -3.54. The summed E-state index contributed by atoms with van der Waals surface area (Å²) in [5, 5.41) is 2.75. The maximum atomic E-state index is 13.0. The predicted octanol–water partition coefficient (Wildman–Crippen LogP) is 4.02. The number of rotatable bonds is 6. The number of carbonyl (C=O) groups is 1. The summed E-state index contributed by atoms with van der Waals surface area (Å²) in [6.45, 7) is 2.78. The van der Waals surface area contributed by atoms with Crippen LogP contribution in [0.3, 0.4) is 0 Å². The van der Waals surface area contributed by atoms with Crippen molar-refractivity contribution in [1.82, 2.24) is 4.31 Å². The molecule has 2 aromatic rings. The van der Waals surface area contributed by atoms with Crippen LogP contribution in [0.2, 0.25) is 0 Å². The molecule has 0 saturated carbocycles. The first-order valence-electron chi connectivity index (χ1n) is 10.5. The van der Waals surface area contributed by atoms with Crippen molar-refractivity contribution in [3.8, 4) is 11.5 Å². The van der Waals surface area contributed by atoms with Gasteiger partial charge in [0.1, 0.15) is 0 Å². The minimum absolute atomic E-state index is 0.0550. The zero-order chi connectivity index (χ0) is 21.8. The summed E-state index contributed by atoms with van der Waals surface area (Å²) in [5.74, 6) is 1.03. The van der Waals surface area contributed by atoms with Crippen LogP contribution in [0.15, 0.2) is 53.4 Å². The number of amides is 1. The number of nitrogens with one attached hydrogen (secondary N) is 1. The third kappa shape index (κ3) is 4.75. The lowest BCUT2D eigenvalue weighted by Gasteiger charge is -2.34. The van der Waals surface area contributed by atoms with Crippen molar-refractivity contribution in [3.05, 3.63) is 54.1 Å². The van der Waals surface area contributed by atoms with E-state index in [0.717, 1.165) is 31.2 Å². The van der Waals surface area contributed by atoms with Gasteiger partial charge < -0.3 is 14.8 Å². The van der Waals surface area contributed by atoms with Gasteiger partial charge in [-0.2, -0.15) is 4.31 Å².